The number of likely N-dealkylation sites (tertiary alicyclic amines) is 1. The number of hydrogen-bond acceptors (Lipinski definition) is 3. The molecule has 1 unspecified atom stereocenters. The Labute approximate surface area is 136 Å². The fourth-order valence-electron chi connectivity index (χ4n) is 2.57. The Balaban J connectivity index is 1.78. The zero-order chi connectivity index (χ0) is 14.8. The van der Waals surface area contributed by atoms with Crippen molar-refractivity contribution in [2.45, 2.75) is 18.9 Å². The van der Waals surface area contributed by atoms with Gasteiger partial charge in [-0.3, -0.25) is 4.79 Å². The van der Waals surface area contributed by atoms with Crippen LogP contribution in [0.1, 0.15) is 22.5 Å². The summed E-state index contributed by atoms with van der Waals surface area (Å²) in [4.78, 5) is 16.3. The summed E-state index contributed by atoms with van der Waals surface area (Å²) in [6.45, 7) is 1.49. The van der Waals surface area contributed by atoms with Crippen molar-refractivity contribution in [1.82, 2.24) is 4.90 Å². The molecule has 21 heavy (non-hydrogen) atoms. The molecule has 110 valence electrons. The summed E-state index contributed by atoms with van der Waals surface area (Å²) in [5.74, 6) is 0.110. The van der Waals surface area contributed by atoms with E-state index in [0.717, 1.165) is 39.2 Å². The van der Waals surface area contributed by atoms with Gasteiger partial charge in [-0.1, -0.05) is 28.1 Å². The molecule has 0 saturated carbocycles. The second-order valence-corrected chi connectivity index (χ2v) is 7.32. The van der Waals surface area contributed by atoms with E-state index in [1.807, 2.05) is 29.2 Å². The molecule has 0 bridgehead atoms. The lowest BCUT2D eigenvalue weighted by Gasteiger charge is -2.30. The molecule has 3 nitrogen and oxygen atoms in total. The maximum atomic E-state index is 12.5. The van der Waals surface area contributed by atoms with Gasteiger partial charge in [0.2, 0.25) is 0 Å². The molecule has 2 aromatic rings. The first-order chi connectivity index (χ1) is 10.1. The monoisotopic (exact) mass is 364 g/mol. The Morgan fingerprint density at radius 2 is 2.00 bits per heavy atom. The molecule has 1 aromatic heterocycles. The first-order valence-electron chi connectivity index (χ1n) is 7.04. The molecule has 1 atom stereocenters. The van der Waals surface area contributed by atoms with Crippen LogP contribution in [0.5, 0.6) is 0 Å². The highest BCUT2D eigenvalue weighted by Gasteiger charge is 2.23. The van der Waals surface area contributed by atoms with E-state index in [4.69, 9.17) is 5.73 Å². The summed E-state index contributed by atoms with van der Waals surface area (Å²) in [5.41, 5.74) is 7.09. The van der Waals surface area contributed by atoms with Gasteiger partial charge in [0, 0.05) is 28.5 Å². The number of nitrogens with zero attached hydrogens (tertiary/aromatic N) is 1. The zero-order valence-electron chi connectivity index (χ0n) is 11.6. The molecule has 5 heteroatoms. The topological polar surface area (TPSA) is 46.3 Å². The number of piperidine rings is 1. The van der Waals surface area contributed by atoms with Gasteiger partial charge in [-0.25, -0.2) is 0 Å². The molecular weight excluding hydrogens is 348 g/mol. The highest BCUT2D eigenvalue weighted by molar-refractivity contribution is 9.10. The quantitative estimate of drug-likeness (QED) is 0.881. The van der Waals surface area contributed by atoms with Crippen molar-refractivity contribution >= 4 is 33.2 Å². The minimum Gasteiger partial charge on any atom is -0.336 e. The maximum Gasteiger partial charge on any atom is 0.263 e. The summed E-state index contributed by atoms with van der Waals surface area (Å²) >= 11 is 4.98. The van der Waals surface area contributed by atoms with Crippen LogP contribution in [0.4, 0.5) is 0 Å². The van der Waals surface area contributed by atoms with Gasteiger partial charge in [-0.15, -0.1) is 11.3 Å². The van der Waals surface area contributed by atoms with Crippen molar-refractivity contribution in [2.75, 3.05) is 13.1 Å². The van der Waals surface area contributed by atoms with E-state index in [-0.39, 0.29) is 11.9 Å². The zero-order valence-corrected chi connectivity index (χ0v) is 14.0. The van der Waals surface area contributed by atoms with Gasteiger partial charge < -0.3 is 10.6 Å². The second-order valence-electron chi connectivity index (χ2n) is 5.32. The van der Waals surface area contributed by atoms with Crippen LogP contribution in [0.3, 0.4) is 0 Å². The van der Waals surface area contributed by atoms with E-state index < -0.39 is 0 Å². The number of rotatable bonds is 2. The number of benzene rings is 1. The van der Waals surface area contributed by atoms with Crippen molar-refractivity contribution in [2.24, 2.45) is 5.73 Å². The van der Waals surface area contributed by atoms with Crippen molar-refractivity contribution in [3.8, 4) is 10.4 Å². The van der Waals surface area contributed by atoms with Crippen LogP contribution in [0.2, 0.25) is 0 Å². The third-order valence-electron chi connectivity index (χ3n) is 3.69. The highest BCUT2D eigenvalue weighted by atomic mass is 79.9. The lowest BCUT2D eigenvalue weighted by Crippen LogP contribution is -2.45. The average molecular weight is 365 g/mol. The maximum absolute atomic E-state index is 12.5. The van der Waals surface area contributed by atoms with E-state index in [9.17, 15) is 4.79 Å². The van der Waals surface area contributed by atoms with Gasteiger partial charge in [-0.05, 0) is 42.7 Å². The van der Waals surface area contributed by atoms with Gasteiger partial charge in [0.05, 0.1) is 4.88 Å². The molecule has 0 spiro atoms. The fourth-order valence-corrected chi connectivity index (χ4v) is 3.82. The predicted octanol–water partition coefficient (Wildman–Crippen LogP) is 3.74. The number of thiophene rings is 1. The average Bonchev–Trinajstić information content (AvgIpc) is 2.97. The van der Waals surface area contributed by atoms with Crippen LogP contribution in [0.25, 0.3) is 10.4 Å². The van der Waals surface area contributed by atoms with Gasteiger partial charge in [0.25, 0.3) is 5.91 Å². The molecule has 3 rings (SSSR count). The van der Waals surface area contributed by atoms with E-state index in [2.05, 4.69) is 28.1 Å². The Morgan fingerprint density at radius 3 is 2.71 bits per heavy atom. The Morgan fingerprint density at radius 1 is 1.24 bits per heavy atom. The van der Waals surface area contributed by atoms with Crippen LogP contribution in [0.15, 0.2) is 40.9 Å². The number of carbonyl (C=O) groups excluding carboxylic acids is 1. The van der Waals surface area contributed by atoms with Gasteiger partial charge in [0.1, 0.15) is 0 Å². The normalized spacial score (nSPS) is 18.8. The summed E-state index contributed by atoms with van der Waals surface area (Å²) in [6, 6.07) is 12.2. The summed E-state index contributed by atoms with van der Waals surface area (Å²) < 4.78 is 1.06. The van der Waals surface area contributed by atoms with Crippen LogP contribution in [-0.2, 0) is 0 Å². The van der Waals surface area contributed by atoms with E-state index in [1.165, 1.54) is 0 Å². The second kappa shape index (κ2) is 6.30. The van der Waals surface area contributed by atoms with Crippen LogP contribution < -0.4 is 5.73 Å². The minimum absolute atomic E-state index is 0.110. The van der Waals surface area contributed by atoms with Crippen molar-refractivity contribution in [3.05, 3.63) is 45.7 Å². The molecule has 1 aliphatic rings. The molecule has 1 aliphatic heterocycles. The Hall–Kier alpha value is -1.17. The lowest BCUT2D eigenvalue weighted by atomic mass is 10.1. The molecule has 1 saturated heterocycles. The molecule has 1 fully saturated rings. The Kier molecular flexibility index (Phi) is 4.42. The molecular formula is C16H17BrN2OS. The van der Waals surface area contributed by atoms with E-state index in [1.54, 1.807) is 11.3 Å². The molecule has 1 amide bonds. The largest absolute Gasteiger partial charge is 0.336 e. The lowest BCUT2D eigenvalue weighted by molar-refractivity contribution is 0.0714. The van der Waals surface area contributed by atoms with Gasteiger partial charge in [0.15, 0.2) is 0 Å². The molecule has 0 aliphatic carbocycles. The third-order valence-corrected chi connectivity index (χ3v) is 5.34. The van der Waals surface area contributed by atoms with Crippen LogP contribution in [0, 0.1) is 0 Å². The van der Waals surface area contributed by atoms with Gasteiger partial charge >= 0.3 is 0 Å². The molecule has 2 heterocycles. The number of carbonyl (C=O) groups is 1. The summed E-state index contributed by atoms with van der Waals surface area (Å²) in [7, 11) is 0. The van der Waals surface area contributed by atoms with E-state index in [0.29, 0.717) is 6.54 Å². The fraction of sp³-hybridized carbons (Fsp3) is 0.312. The highest BCUT2D eigenvalue weighted by Crippen LogP contribution is 2.30. The first kappa shape index (κ1) is 14.8. The minimum atomic E-state index is 0.110. The standard InChI is InChI=1S/C16H17BrN2OS/c17-12-5-3-11(4-6-12)14-7-8-15(21-14)16(20)19-9-1-2-13(18)10-19/h3-8,13H,1-2,9-10,18H2. The molecule has 0 radical (unpaired) electrons. The van der Waals surface area contributed by atoms with Crippen molar-refractivity contribution in [3.63, 3.8) is 0 Å². The number of nitrogens with two attached hydrogens (primary N) is 1. The first-order valence-corrected chi connectivity index (χ1v) is 8.65. The van der Waals surface area contributed by atoms with Crippen molar-refractivity contribution in [1.29, 1.82) is 0 Å². The smallest absolute Gasteiger partial charge is 0.263 e. The van der Waals surface area contributed by atoms with Gasteiger partial charge in [-0.2, -0.15) is 0 Å². The van der Waals surface area contributed by atoms with Crippen LogP contribution in [-0.4, -0.2) is 29.9 Å². The molecule has 2 N–H and O–H groups in total. The van der Waals surface area contributed by atoms with Crippen molar-refractivity contribution < 1.29 is 4.79 Å². The number of amides is 1. The van der Waals surface area contributed by atoms with Crippen LogP contribution >= 0.6 is 27.3 Å². The Bertz CT molecular complexity index is 638. The third kappa shape index (κ3) is 3.36. The SMILES string of the molecule is NC1CCCN(C(=O)c2ccc(-c3ccc(Br)cc3)s2)C1. The molecule has 1 aromatic carbocycles. The predicted molar refractivity (Wildman–Crippen MR) is 90.6 cm³/mol. The summed E-state index contributed by atoms with van der Waals surface area (Å²) in [6.07, 6.45) is 2.01. The number of hydrogen-bond donors (Lipinski definition) is 1. The van der Waals surface area contributed by atoms with E-state index >= 15 is 0 Å². The summed E-state index contributed by atoms with van der Waals surface area (Å²) in [5, 5.41) is 0. The number of halogens is 1.